The van der Waals surface area contributed by atoms with Crippen LogP contribution in [0.5, 0.6) is 11.5 Å². The fraction of sp³-hybridized carbons (Fsp3) is 0.500. The van der Waals surface area contributed by atoms with Gasteiger partial charge in [-0.1, -0.05) is 12.1 Å². The van der Waals surface area contributed by atoms with Gasteiger partial charge in [-0.2, -0.15) is 0 Å². The van der Waals surface area contributed by atoms with Gasteiger partial charge in [0.15, 0.2) is 11.5 Å². The lowest BCUT2D eigenvalue weighted by atomic mass is 10.2. The SMILES string of the molecule is CC(C)Oc1ccccc1OC1CNC1.Cl. The first-order chi connectivity index (χ1) is 7.25. The Morgan fingerprint density at radius 1 is 1.19 bits per heavy atom. The van der Waals surface area contributed by atoms with Gasteiger partial charge < -0.3 is 14.8 Å². The number of halogens is 1. The molecular weight excluding hydrogens is 226 g/mol. The molecule has 0 aromatic heterocycles. The molecule has 0 aliphatic carbocycles. The second-order valence-electron chi connectivity index (χ2n) is 4.01. The summed E-state index contributed by atoms with van der Waals surface area (Å²) < 4.78 is 11.5. The fourth-order valence-electron chi connectivity index (χ4n) is 1.42. The van der Waals surface area contributed by atoms with Gasteiger partial charge in [-0.05, 0) is 26.0 Å². The molecule has 0 radical (unpaired) electrons. The van der Waals surface area contributed by atoms with Gasteiger partial charge in [0.25, 0.3) is 0 Å². The van der Waals surface area contributed by atoms with Crippen molar-refractivity contribution in [1.82, 2.24) is 5.32 Å². The van der Waals surface area contributed by atoms with Crippen LogP contribution in [-0.4, -0.2) is 25.3 Å². The molecule has 4 heteroatoms. The van der Waals surface area contributed by atoms with Gasteiger partial charge in [0.1, 0.15) is 6.10 Å². The maximum Gasteiger partial charge on any atom is 0.161 e. The van der Waals surface area contributed by atoms with E-state index in [1.165, 1.54) is 0 Å². The zero-order valence-corrected chi connectivity index (χ0v) is 10.4. The highest BCUT2D eigenvalue weighted by Crippen LogP contribution is 2.28. The molecule has 1 aromatic carbocycles. The highest BCUT2D eigenvalue weighted by atomic mass is 35.5. The van der Waals surface area contributed by atoms with Crippen molar-refractivity contribution in [3.63, 3.8) is 0 Å². The summed E-state index contributed by atoms with van der Waals surface area (Å²) in [7, 11) is 0. The van der Waals surface area contributed by atoms with Crippen LogP contribution in [0.3, 0.4) is 0 Å². The van der Waals surface area contributed by atoms with Gasteiger partial charge in [0.2, 0.25) is 0 Å². The van der Waals surface area contributed by atoms with E-state index in [0.717, 1.165) is 24.6 Å². The maximum absolute atomic E-state index is 5.79. The molecule has 0 atom stereocenters. The largest absolute Gasteiger partial charge is 0.487 e. The van der Waals surface area contributed by atoms with Crippen molar-refractivity contribution < 1.29 is 9.47 Å². The van der Waals surface area contributed by atoms with Crippen LogP contribution in [0.25, 0.3) is 0 Å². The average molecular weight is 244 g/mol. The minimum atomic E-state index is 0. The Kier molecular flexibility index (Phi) is 4.90. The first-order valence-corrected chi connectivity index (χ1v) is 5.39. The van der Waals surface area contributed by atoms with Crippen LogP contribution in [0.1, 0.15) is 13.8 Å². The normalized spacial score (nSPS) is 15.2. The lowest BCUT2D eigenvalue weighted by Crippen LogP contribution is -2.50. The smallest absolute Gasteiger partial charge is 0.161 e. The van der Waals surface area contributed by atoms with Gasteiger partial charge in [-0.3, -0.25) is 0 Å². The predicted molar refractivity (Wildman–Crippen MR) is 66.7 cm³/mol. The van der Waals surface area contributed by atoms with Crippen molar-refractivity contribution in [2.75, 3.05) is 13.1 Å². The number of ether oxygens (including phenoxy) is 2. The third kappa shape index (κ3) is 3.29. The van der Waals surface area contributed by atoms with E-state index in [2.05, 4.69) is 5.32 Å². The highest BCUT2D eigenvalue weighted by molar-refractivity contribution is 5.85. The average Bonchev–Trinajstić information content (AvgIpc) is 2.13. The minimum Gasteiger partial charge on any atom is -0.487 e. The molecule has 1 N–H and O–H groups in total. The quantitative estimate of drug-likeness (QED) is 0.880. The molecule has 0 spiro atoms. The molecule has 1 aliphatic rings. The topological polar surface area (TPSA) is 30.5 Å². The Morgan fingerprint density at radius 3 is 2.31 bits per heavy atom. The first-order valence-electron chi connectivity index (χ1n) is 5.39. The Labute approximate surface area is 103 Å². The van der Waals surface area contributed by atoms with Gasteiger partial charge in [0.05, 0.1) is 6.10 Å². The van der Waals surface area contributed by atoms with Crippen LogP contribution in [0.15, 0.2) is 24.3 Å². The Hall–Kier alpha value is -0.930. The lowest BCUT2D eigenvalue weighted by molar-refractivity contribution is 0.131. The molecule has 1 heterocycles. The van der Waals surface area contributed by atoms with Crippen molar-refractivity contribution in [3.05, 3.63) is 24.3 Å². The summed E-state index contributed by atoms with van der Waals surface area (Å²) in [5.41, 5.74) is 0. The molecule has 2 rings (SSSR count). The number of hydrogen-bond donors (Lipinski definition) is 1. The van der Waals surface area contributed by atoms with Crippen molar-refractivity contribution in [2.45, 2.75) is 26.1 Å². The molecule has 3 nitrogen and oxygen atoms in total. The third-order valence-electron chi connectivity index (χ3n) is 2.25. The summed E-state index contributed by atoms with van der Waals surface area (Å²) >= 11 is 0. The summed E-state index contributed by atoms with van der Waals surface area (Å²) in [5.74, 6) is 1.68. The summed E-state index contributed by atoms with van der Waals surface area (Å²) in [4.78, 5) is 0. The summed E-state index contributed by atoms with van der Waals surface area (Å²) in [6.45, 7) is 5.88. The number of nitrogens with one attached hydrogen (secondary N) is 1. The highest BCUT2D eigenvalue weighted by Gasteiger charge is 2.19. The zero-order chi connectivity index (χ0) is 10.7. The van der Waals surface area contributed by atoms with Gasteiger partial charge >= 0.3 is 0 Å². The molecule has 0 unspecified atom stereocenters. The molecule has 1 fully saturated rings. The summed E-state index contributed by atoms with van der Waals surface area (Å²) in [5, 5.41) is 3.18. The van der Waals surface area contributed by atoms with Crippen molar-refractivity contribution in [1.29, 1.82) is 0 Å². The molecule has 90 valence electrons. The van der Waals surface area contributed by atoms with E-state index in [9.17, 15) is 0 Å². The summed E-state index contributed by atoms with van der Waals surface area (Å²) in [6.07, 6.45) is 0.469. The van der Waals surface area contributed by atoms with E-state index in [0.29, 0.717) is 6.10 Å². The zero-order valence-electron chi connectivity index (χ0n) is 9.60. The van der Waals surface area contributed by atoms with E-state index in [1.54, 1.807) is 0 Å². The van der Waals surface area contributed by atoms with Gasteiger partial charge in [0, 0.05) is 13.1 Å². The van der Waals surface area contributed by atoms with Crippen LogP contribution >= 0.6 is 12.4 Å². The third-order valence-corrected chi connectivity index (χ3v) is 2.25. The van der Waals surface area contributed by atoms with E-state index >= 15 is 0 Å². The van der Waals surface area contributed by atoms with Crippen LogP contribution in [0, 0.1) is 0 Å². The number of rotatable bonds is 4. The molecule has 0 saturated carbocycles. The van der Waals surface area contributed by atoms with E-state index in [-0.39, 0.29) is 18.5 Å². The number of para-hydroxylation sites is 2. The molecule has 16 heavy (non-hydrogen) atoms. The Morgan fingerprint density at radius 2 is 1.81 bits per heavy atom. The van der Waals surface area contributed by atoms with E-state index < -0.39 is 0 Å². The van der Waals surface area contributed by atoms with E-state index in [4.69, 9.17) is 9.47 Å². The van der Waals surface area contributed by atoms with Crippen molar-refractivity contribution in [3.8, 4) is 11.5 Å². The standard InChI is InChI=1S/C12H17NO2.ClH/c1-9(2)14-11-5-3-4-6-12(11)15-10-7-13-8-10;/h3-6,9-10,13H,7-8H2,1-2H3;1H. The molecule has 1 saturated heterocycles. The monoisotopic (exact) mass is 243 g/mol. The molecule has 1 aliphatic heterocycles. The molecule has 0 bridgehead atoms. The second kappa shape index (κ2) is 5.97. The van der Waals surface area contributed by atoms with Gasteiger partial charge in [-0.15, -0.1) is 12.4 Å². The summed E-state index contributed by atoms with van der Waals surface area (Å²) in [6, 6.07) is 7.83. The van der Waals surface area contributed by atoms with E-state index in [1.807, 2.05) is 38.1 Å². The van der Waals surface area contributed by atoms with Crippen LogP contribution in [0.4, 0.5) is 0 Å². The second-order valence-corrected chi connectivity index (χ2v) is 4.01. The predicted octanol–water partition coefficient (Wildman–Crippen LogP) is 2.25. The fourth-order valence-corrected chi connectivity index (χ4v) is 1.42. The van der Waals surface area contributed by atoms with Crippen molar-refractivity contribution in [2.24, 2.45) is 0 Å². The molecular formula is C12H18ClNO2. The van der Waals surface area contributed by atoms with Crippen LogP contribution in [0.2, 0.25) is 0 Å². The Bertz CT molecular complexity index is 327. The van der Waals surface area contributed by atoms with Crippen LogP contribution in [-0.2, 0) is 0 Å². The maximum atomic E-state index is 5.79. The van der Waals surface area contributed by atoms with Gasteiger partial charge in [-0.25, -0.2) is 0 Å². The van der Waals surface area contributed by atoms with Crippen molar-refractivity contribution >= 4 is 12.4 Å². The lowest BCUT2D eigenvalue weighted by Gasteiger charge is -2.28. The molecule has 1 aromatic rings. The minimum absolute atomic E-state index is 0. The first kappa shape index (κ1) is 13.1. The number of benzene rings is 1. The van der Waals surface area contributed by atoms with Crippen LogP contribution < -0.4 is 14.8 Å². The molecule has 0 amide bonds. The number of hydrogen-bond acceptors (Lipinski definition) is 3. The Balaban J connectivity index is 0.00000128.